The maximum absolute atomic E-state index is 12.1. The fraction of sp³-hybridized carbons (Fsp3) is 0.812. The molecule has 1 aliphatic heterocycles. The first kappa shape index (κ1) is 15.7. The van der Waals surface area contributed by atoms with Crippen LogP contribution in [0.3, 0.4) is 0 Å². The summed E-state index contributed by atoms with van der Waals surface area (Å²) in [7, 11) is 0. The summed E-state index contributed by atoms with van der Waals surface area (Å²) in [5, 5.41) is 10.4. The molecule has 4 heteroatoms. The summed E-state index contributed by atoms with van der Waals surface area (Å²) in [6, 6.07) is 0. The zero-order valence-electron chi connectivity index (χ0n) is 12.3. The Morgan fingerprint density at radius 3 is 2.90 bits per heavy atom. The summed E-state index contributed by atoms with van der Waals surface area (Å²) in [6.45, 7) is 6.80. The summed E-state index contributed by atoms with van der Waals surface area (Å²) >= 11 is 0. The van der Waals surface area contributed by atoms with Crippen molar-refractivity contribution in [3.63, 3.8) is 0 Å². The molecule has 2 aliphatic rings. The van der Waals surface area contributed by atoms with E-state index >= 15 is 0 Å². The van der Waals surface area contributed by atoms with Crippen LogP contribution in [0.4, 0.5) is 0 Å². The van der Waals surface area contributed by atoms with E-state index in [1.807, 2.05) is 6.92 Å². The van der Waals surface area contributed by atoms with Gasteiger partial charge in [0.1, 0.15) is 5.78 Å². The Morgan fingerprint density at radius 1 is 1.45 bits per heavy atom. The highest BCUT2D eigenvalue weighted by atomic mass is 16.7. The molecule has 0 aromatic carbocycles. The summed E-state index contributed by atoms with van der Waals surface area (Å²) in [4.78, 5) is 12.1. The lowest BCUT2D eigenvalue weighted by Crippen LogP contribution is -2.41. The van der Waals surface area contributed by atoms with Crippen LogP contribution < -0.4 is 0 Å². The Kier molecular flexibility index (Phi) is 5.75. The molecule has 4 nitrogen and oxygen atoms in total. The monoisotopic (exact) mass is 282 g/mol. The van der Waals surface area contributed by atoms with Crippen LogP contribution in [0.25, 0.3) is 0 Å². The smallest absolute Gasteiger partial charge is 0.157 e. The third-order valence-corrected chi connectivity index (χ3v) is 4.38. The fourth-order valence-corrected chi connectivity index (χ4v) is 3.25. The zero-order valence-corrected chi connectivity index (χ0v) is 12.3. The van der Waals surface area contributed by atoms with Crippen molar-refractivity contribution in [2.24, 2.45) is 11.8 Å². The van der Waals surface area contributed by atoms with Crippen molar-refractivity contribution >= 4 is 5.78 Å². The highest BCUT2D eigenvalue weighted by Gasteiger charge is 2.37. The average Bonchev–Trinajstić information content (AvgIpc) is 2.45. The number of allylic oxidation sites excluding steroid dienone is 1. The fourth-order valence-electron chi connectivity index (χ4n) is 3.25. The lowest BCUT2D eigenvalue weighted by Gasteiger charge is -2.34. The van der Waals surface area contributed by atoms with Crippen molar-refractivity contribution in [3.05, 3.63) is 12.2 Å². The van der Waals surface area contributed by atoms with Crippen LogP contribution in [0, 0.1) is 11.8 Å². The second-order valence-corrected chi connectivity index (χ2v) is 6.03. The molecule has 1 saturated carbocycles. The Labute approximate surface area is 121 Å². The van der Waals surface area contributed by atoms with E-state index in [1.54, 1.807) is 0 Å². The Balaban J connectivity index is 1.89. The first-order chi connectivity index (χ1) is 9.59. The molecule has 0 aromatic rings. The standard InChI is InChI=1S/C16H26O4/c1-11(2)12-6-5-7-13(17)16(12)14(18)10-20-15-8-3-4-9-19-15/h12,14-16,18H,1,3-10H2,2H3. The number of ether oxygens (including phenoxy) is 2. The van der Waals surface area contributed by atoms with Crippen LogP contribution in [0.15, 0.2) is 12.2 Å². The first-order valence-electron chi connectivity index (χ1n) is 7.69. The molecule has 4 atom stereocenters. The van der Waals surface area contributed by atoms with Gasteiger partial charge < -0.3 is 14.6 Å². The molecule has 0 amide bonds. The molecule has 1 saturated heterocycles. The maximum atomic E-state index is 12.1. The minimum atomic E-state index is -0.755. The van der Waals surface area contributed by atoms with Crippen LogP contribution in [0.1, 0.15) is 45.4 Å². The summed E-state index contributed by atoms with van der Waals surface area (Å²) in [5.74, 6) is -0.128. The molecular formula is C16H26O4. The van der Waals surface area contributed by atoms with E-state index in [0.717, 1.165) is 44.3 Å². The van der Waals surface area contributed by atoms with Gasteiger partial charge in [0.15, 0.2) is 6.29 Å². The molecule has 0 spiro atoms. The van der Waals surface area contributed by atoms with Gasteiger partial charge in [-0.25, -0.2) is 0 Å². The van der Waals surface area contributed by atoms with E-state index in [0.29, 0.717) is 6.42 Å². The first-order valence-corrected chi connectivity index (χ1v) is 7.69. The number of rotatable bonds is 5. The quantitative estimate of drug-likeness (QED) is 0.787. The van der Waals surface area contributed by atoms with Crippen molar-refractivity contribution < 1.29 is 19.4 Å². The molecule has 1 N–H and O–H groups in total. The number of aliphatic hydroxyl groups excluding tert-OH is 1. The van der Waals surface area contributed by atoms with Crippen LogP contribution in [-0.4, -0.2) is 36.5 Å². The van der Waals surface area contributed by atoms with Gasteiger partial charge in [0.05, 0.1) is 18.6 Å². The van der Waals surface area contributed by atoms with Crippen LogP contribution in [-0.2, 0) is 14.3 Å². The lowest BCUT2D eigenvalue weighted by atomic mass is 9.72. The molecule has 0 aromatic heterocycles. The molecule has 2 rings (SSSR count). The number of carbonyl (C=O) groups is 1. The van der Waals surface area contributed by atoms with Gasteiger partial charge >= 0.3 is 0 Å². The lowest BCUT2D eigenvalue weighted by molar-refractivity contribution is -0.182. The largest absolute Gasteiger partial charge is 0.390 e. The topological polar surface area (TPSA) is 55.8 Å². The predicted octanol–water partition coefficient (Wildman–Crippen LogP) is 2.45. The Hall–Kier alpha value is -0.710. The maximum Gasteiger partial charge on any atom is 0.157 e. The molecule has 114 valence electrons. The van der Waals surface area contributed by atoms with Crippen molar-refractivity contribution in [1.82, 2.24) is 0 Å². The van der Waals surface area contributed by atoms with Gasteiger partial charge in [0.25, 0.3) is 0 Å². The molecular weight excluding hydrogens is 256 g/mol. The van der Waals surface area contributed by atoms with Crippen molar-refractivity contribution in [3.8, 4) is 0 Å². The van der Waals surface area contributed by atoms with Gasteiger partial charge in [0, 0.05) is 13.0 Å². The molecule has 0 bridgehead atoms. The van der Waals surface area contributed by atoms with Gasteiger partial charge in [-0.2, -0.15) is 0 Å². The number of aliphatic hydroxyl groups is 1. The van der Waals surface area contributed by atoms with Crippen molar-refractivity contribution in [1.29, 1.82) is 0 Å². The van der Waals surface area contributed by atoms with Gasteiger partial charge in [0.2, 0.25) is 0 Å². The van der Waals surface area contributed by atoms with E-state index in [2.05, 4.69) is 6.58 Å². The van der Waals surface area contributed by atoms with E-state index in [4.69, 9.17) is 9.47 Å². The van der Waals surface area contributed by atoms with Crippen molar-refractivity contribution in [2.75, 3.05) is 13.2 Å². The van der Waals surface area contributed by atoms with Crippen LogP contribution >= 0.6 is 0 Å². The van der Waals surface area contributed by atoms with Crippen molar-refractivity contribution in [2.45, 2.75) is 57.8 Å². The zero-order chi connectivity index (χ0) is 14.5. The Morgan fingerprint density at radius 2 is 2.25 bits per heavy atom. The third-order valence-electron chi connectivity index (χ3n) is 4.38. The molecule has 1 heterocycles. The summed E-state index contributed by atoms with van der Waals surface area (Å²) in [6.07, 6.45) is 4.45. The molecule has 20 heavy (non-hydrogen) atoms. The number of hydrogen-bond donors (Lipinski definition) is 1. The molecule has 0 radical (unpaired) electrons. The highest BCUT2D eigenvalue weighted by Crippen LogP contribution is 2.34. The average molecular weight is 282 g/mol. The second-order valence-electron chi connectivity index (χ2n) is 6.03. The van der Waals surface area contributed by atoms with Gasteiger partial charge in [-0.1, -0.05) is 12.2 Å². The van der Waals surface area contributed by atoms with E-state index in [-0.39, 0.29) is 30.5 Å². The van der Waals surface area contributed by atoms with Gasteiger partial charge in [-0.3, -0.25) is 4.79 Å². The molecule has 1 aliphatic carbocycles. The van der Waals surface area contributed by atoms with Crippen LogP contribution in [0.2, 0.25) is 0 Å². The minimum Gasteiger partial charge on any atom is -0.390 e. The van der Waals surface area contributed by atoms with Gasteiger partial charge in [-0.05, 0) is 44.9 Å². The summed E-state index contributed by atoms with van der Waals surface area (Å²) in [5.41, 5.74) is 0.982. The number of Topliss-reactive ketones (excluding diaryl/α,β-unsaturated/α-hetero) is 1. The predicted molar refractivity (Wildman–Crippen MR) is 76.2 cm³/mol. The molecule has 4 unspecified atom stereocenters. The summed E-state index contributed by atoms with van der Waals surface area (Å²) < 4.78 is 11.1. The van der Waals surface area contributed by atoms with E-state index < -0.39 is 6.10 Å². The minimum absolute atomic E-state index is 0.0853. The Bertz CT molecular complexity index is 346. The van der Waals surface area contributed by atoms with E-state index in [1.165, 1.54) is 0 Å². The number of carbonyl (C=O) groups excluding carboxylic acids is 1. The third kappa shape index (κ3) is 3.90. The molecule has 2 fully saturated rings. The normalized spacial score (nSPS) is 32.9. The number of hydrogen-bond acceptors (Lipinski definition) is 4. The van der Waals surface area contributed by atoms with Gasteiger partial charge in [-0.15, -0.1) is 0 Å². The van der Waals surface area contributed by atoms with E-state index in [9.17, 15) is 9.90 Å². The second kappa shape index (κ2) is 7.34. The van der Waals surface area contributed by atoms with Crippen LogP contribution in [0.5, 0.6) is 0 Å². The highest BCUT2D eigenvalue weighted by molar-refractivity contribution is 5.83. The number of ketones is 1. The SMILES string of the molecule is C=C(C)C1CCCC(=O)C1C(O)COC1CCCCO1.